The molecule has 0 spiro atoms. The second kappa shape index (κ2) is 10.7. The zero-order chi connectivity index (χ0) is 4.28. The van der Waals surface area contributed by atoms with Crippen molar-refractivity contribution in [1.82, 2.24) is 0 Å². The van der Waals surface area contributed by atoms with Crippen LogP contribution in [0.4, 0.5) is 0 Å². The van der Waals surface area contributed by atoms with E-state index in [0.29, 0.717) is 5.92 Å². The Hall–Kier alpha value is 1.79. The van der Waals surface area contributed by atoms with Crippen molar-refractivity contribution >= 4 is 0 Å². The smallest absolute Gasteiger partial charge is 0 e. The van der Waals surface area contributed by atoms with E-state index < -0.39 is 0 Å². The van der Waals surface area contributed by atoms with E-state index in [4.69, 9.17) is 0 Å². The fourth-order valence-corrected chi connectivity index (χ4v) is 0. The maximum Gasteiger partial charge on any atom is 0 e. The van der Waals surface area contributed by atoms with Crippen LogP contribution in [0, 0.1) is 19.8 Å². The molecule has 41 valence electrons. The van der Waals surface area contributed by atoms with E-state index in [1.165, 1.54) is 0 Å². The van der Waals surface area contributed by atoms with Crippen LogP contribution in [0.15, 0.2) is 0 Å². The van der Waals surface area contributed by atoms with Gasteiger partial charge in [-0.15, -0.1) is 0 Å². The average molecular weight is 343 g/mol. The van der Waals surface area contributed by atoms with E-state index in [2.05, 4.69) is 13.8 Å². The first-order chi connectivity index (χ1) is 2.27. The van der Waals surface area contributed by atoms with Gasteiger partial charge in [0.1, 0.15) is 0 Å². The van der Waals surface area contributed by atoms with Gasteiger partial charge in [-0.05, 0) is 0 Å². The number of hydrogen-bond acceptors (Lipinski definition) is 0. The van der Waals surface area contributed by atoms with Gasteiger partial charge in [0.05, 0.1) is 0 Å². The summed E-state index contributed by atoms with van der Waals surface area (Å²) >= 11 is 0. The molecule has 0 saturated heterocycles. The normalized spacial score (nSPS) is 10.7. The Morgan fingerprint density at radius 3 is 1.71 bits per heavy atom. The molecule has 2 heteroatoms. The molecule has 0 amide bonds. The van der Waals surface area contributed by atoms with Gasteiger partial charge in [-0.3, -0.25) is 0 Å². The molecule has 0 saturated carbocycles. The molecule has 0 aliphatic rings. The van der Waals surface area contributed by atoms with Crippen LogP contribution < -0.4 is 0 Å². The van der Waals surface area contributed by atoms with E-state index >= 15 is 0 Å². The van der Waals surface area contributed by atoms with Crippen molar-refractivity contribution in [2.75, 3.05) is 0 Å². The van der Waals surface area contributed by atoms with Crippen molar-refractivity contribution in [3.63, 3.8) is 0 Å². The van der Waals surface area contributed by atoms with E-state index in [0.717, 1.165) is 6.42 Å². The second-order valence-electron chi connectivity index (χ2n) is 1.39. The van der Waals surface area contributed by atoms with Gasteiger partial charge in [0, 0.05) is 53.8 Å². The average Bonchev–Trinajstić information content (AvgIpc) is 1.38. The van der Waals surface area contributed by atoms with Crippen molar-refractivity contribution in [2.45, 2.75) is 13.3 Å². The minimum atomic E-state index is 0. The summed E-state index contributed by atoms with van der Waals surface area (Å²) in [6, 6.07) is 0. The van der Waals surface area contributed by atoms with Gasteiger partial charge in [-0.1, -0.05) is 6.92 Å². The molecule has 0 aliphatic carbocycles. The molecule has 0 aliphatic heterocycles. The quantitative estimate of drug-likeness (QED) is 0.636. The van der Waals surface area contributed by atoms with E-state index in [1.807, 2.05) is 6.92 Å². The fourth-order valence-electron chi connectivity index (χ4n) is 0. The topological polar surface area (TPSA) is 0 Å². The van der Waals surface area contributed by atoms with E-state index in [-0.39, 0.29) is 53.8 Å². The molecule has 7 heavy (non-hydrogen) atoms. The zero-order valence-electron chi connectivity index (χ0n) is 4.68. The van der Waals surface area contributed by atoms with Crippen molar-refractivity contribution in [3.05, 3.63) is 13.8 Å². The van der Waals surface area contributed by atoms with E-state index in [9.17, 15) is 0 Å². The van der Waals surface area contributed by atoms with Crippen LogP contribution in [-0.4, -0.2) is 0 Å². The van der Waals surface area contributed by atoms with Crippen LogP contribution in [0.1, 0.15) is 13.3 Å². The molecule has 0 aromatic rings. The summed E-state index contributed by atoms with van der Waals surface area (Å²) in [5.41, 5.74) is 0. The third-order valence-electron chi connectivity index (χ3n) is 0.493. The third kappa shape index (κ3) is 18.2. The van der Waals surface area contributed by atoms with Crippen molar-refractivity contribution in [2.24, 2.45) is 5.92 Å². The Bertz CT molecular complexity index is 22.0. The van der Waals surface area contributed by atoms with Crippen molar-refractivity contribution in [3.8, 4) is 0 Å². The Morgan fingerprint density at radius 1 is 1.57 bits per heavy atom. The Morgan fingerprint density at radius 2 is 1.71 bits per heavy atom. The van der Waals surface area contributed by atoms with Crippen LogP contribution in [0.25, 0.3) is 0 Å². The van der Waals surface area contributed by atoms with Gasteiger partial charge in [0.15, 0.2) is 0 Å². The van der Waals surface area contributed by atoms with Crippen LogP contribution in [0.5, 0.6) is 0 Å². The molecule has 0 N–H and O–H groups in total. The zero-order valence-corrected chi connectivity index (χ0v) is 10.5. The van der Waals surface area contributed by atoms with Crippen LogP contribution in [0.3, 0.4) is 0 Å². The standard InChI is InChI=1S/C5H10.W.Y/c1-4-5(2)3;;/h5H,1-2,4H2,3H3;;/q-2;;/t5-;;/m0../s1. The number of hydrogen-bond donors (Lipinski definition) is 0. The fraction of sp³-hybridized carbons (Fsp3) is 0.600. The second-order valence-corrected chi connectivity index (χ2v) is 1.39. The van der Waals surface area contributed by atoms with Gasteiger partial charge in [0.2, 0.25) is 0 Å². The maximum absolute atomic E-state index is 3.69. The largest absolute Gasteiger partial charge is 0.345 e. The third-order valence-corrected chi connectivity index (χ3v) is 0.493. The van der Waals surface area contributed by atoms with Gasteiger partial charge in [-0.25, -0.2) is 12.3 Å². The molecule has 0 nitrogen and oxygen atoms in total. The molecular weight excluding hydrogens is 333 g/mol. The molecule has 1 radical (unpaired) electrons. The van der Waals surface area contributed by atoms with E-state index in [1.54, 1.807) is 0 Å². The molecule has 1 atom stereocenters. The summed E-state index contributed by atoms with van der Waals surface area (Å²) < 4.78 is 0. The molecule has 0 aromatic carbocycles. The van der Waals surface area contributed by atoms with Crippen molar-refractivity contribution in [1.29, 1.82) is 0 Å². The minimum Gasteiger partial charge on any atom is -0.345 e. The van der Waals surface area contributed by atoms with Gasteiger partial charge in [0.25, 0.3) is 0 Å². The molecule has 0 heterocycles. The molecule has 0 bridgehead atoms. The Labute approximate surface area is 86.0 Å². The van der Waals surface area contributed by atoms with Crippen molar-refractivity contribution < 1.29 is 53.8 Å². The summed E-state index contributed by atoms with van der Waals surface area (Å²) in [6.07, 6.45) is 0.944. The summed E-state index contributed by atoms with van der Waals surface area (Å²) in [7, 11) is 0. The van der Waals surface area contributed by atoms with Gasteiger partial charge < -0.3 is 13.8 Å². The Balaban J connectivity index is -0.0000000800. The Kier molecular flexibility index (Phi) is 24.4. The molecular formula is C5H10WY-2. The predicted molar refractivity (Wildman–Crippen MR) is 24.5 cm³/mol. The first-order valence-electron chi connectivity index (χ1n) is 1.89. The molecule has 0 aromatic heterocycles. The molecule has 0 fully saturated rings. The van der Waals surface area contributed by atoms with Gasteiger partial charge >= 0.3 is 0 Å². The molecule has 0 rings (SSSR count). The number of rotatable bonds is 1. The van der Waals surface area contributed by atoms with Crippen LogP contribution >= 0.6 is 0 Å². The predicted octanol–water partition coefficient (Wildman–Crippen LogP) is 1.68. The minimum absolute atomic E-state index is 0. The summed E-state index contributed by atoms with van der Waals surface area (Å²) in [4.78, 5) is 0. The van der Waals surface area contributed by atoms with Crippen LogP contribution in [0.2, 0.25) is 0 Å². The molecule has 0 unspecified atom stereocenters. The first kappa shape index (κ1) is 15.9. The monoisotopic (exact) mass is 343 g/mol. The summed E-state index contributed by atoms with van der Waals surface area (Å²) in [5.74, 6) is 0.523. The van der Waals surface area contributed by atoms with Gasteiger partial charge in [-0.2, -0.15) is 0 Å². The van der Waals surface area contributed by atoms with Crippen LogP contribution in [-0.2, 0) is 53.8 Å². The first-order valence-corrected chi connectivity index (χ1v) is 1.89. The summed E-state index contributed by atoms with van der Waals surface area (Å²) in [5, 5.41) is 0. The maximum atomic E-state index is 3.69. The summed E-state index contributed by atoms with van der Waals surface area (Å²) in [6.45, 7) is 9.37. The SMILES string of the molecule is [CH2-]C[C@@H]([CH2-])C.[W].[Y].